The molecule has 1 unspecified atom stereocenters. The highest BCUT2D eigenvalue weighted by Crippen LogP contribution is 2.17. The van der Waals surface area contributed by atoms with Gasteiger partial charge in [-0.15, -0.1) is 0 Å². The second-order valence-electron chi connectivity index (χ2n) is 19.2. The maximum absolute atomic E-state index is 12.8. The van der Waals surface area contributed by atoms with Crippen molar-refractivity contribution in [2.24, 2.45) is 0 Å². The quantitative estimate of drug-likeness (QED) is 0.0262. The summed E-state index contributed by atoms with van der Waals surface area (Å²) in [6.07, 6.45) is 69.6. The van der Waals surface area contributed by atoms with Crippen LogP contribution in [0.5, 0.6) is 0 Å². The van der Waals surface area contributed by atoms with Crippen LogP contribution in [0.3, 0.4) is 0 Å². The lowest BCUT2D eigenvalue weighted by Crippen LogP contribution is -2.30. The Morgan fingerprint density at radius 2 is 0.612 bits per heavy atom. The molecule has 6 heteroatoms. The second kappa shape index (κ2) is 55.7. The SMILES string of the molecule is CC/C=C\C/C=C\C/C=C\C/C=C\CCC(=O)OC(COC(=O)CCCCCCC/C=C\CCCCC)COC(=O)CCCCCCCCCCCCCCCCCCCCCCCCCC. The standard InChI is InChI=1S/C61H108O6/c1-4-7-10-13-16-19-22-25-26-27-28-29-30-31-32-33-34-35-37-39-42-45-48-51-54-60(63)66-57-58(56-65-59(62)53-50-47-44-41-38-24-21-18-15-12-9-6-3)67-61(64)55-52-49-46-43-40-36-23-20-17-14-11-8-5-2/h8,11,17-18,20-21,36,40,46,49,58H,4-7,9-10,12-16,19,22-35,37-39,41-45,47-48,50-57H2,1-3H3/b11-8-,20-17-,21-18-,40-36-,49-46-. The molecule has 0 aromatic heterocycles. The van der Waals surface area contributed by atoms with E-state index in [0.717, 1.165) is 77.0 Å². The Labute approximate surface area is 415 Å². The van der Waals surface area contributed by atoms with Crippen LogP contribution in [0.2, 0.25) is 0 Å². The Hall–Kier alpha value is -2.89. The van der Waals surface area contributed by atoms with Crippen LogP contribution in [-0.4, -0.2) is 37.2 Å². The molecule has 0 aliphatic carbocycles. The van der Waals surface area contributed by atoms with E-state index in [9.17, 15) is 14.4 Å². The number of carbonyl (C=O) groups is 3. The molecule has 0 saturated carbocycles. The van der Waals surface area contributed by atoms with Crippen LogP contribution in [0.15, 0.2) is 60.8 Å². The lowest BCUT2D eigenvalue weighted by atomic mass is 10.0. The first kappa shape index (κ1) is 64.1. The van der Waals surface area contributed by atoms with Crippen molar-refractivity contribution in [1.82, 2.24) is 0 Å². The minimum Gasteiger partial charge on any atom is -0.462 e. The van der Waals surface area contributed by atoms with Gasteiger partial charge in [0.15, 0.2) is 6.10 Å². The first-order valence-corrected chi connectivity index (χ1v) is 28.8. The summed E-state index contributed by atoms with van der Waals surface area (Å²) in [5, 5.41) is 0. The molecule has 0 saturated heterocycles. The Morgan fingerprint density at radius 1 is 0.313 bits per heavy atom. The lowest BCUT2D eigenvalue weighted by molar-refractivity contribution is -0.166. The summed E-state index contributed by atoms with van der Waals surface area (Å²) >= 11 is 0. The fraction of sp³-hybridized carbons (Fsp3) is 0.787. The van der Waals surface area contributed by atoms with Gasteiger partial charge in [0.25, 0.3) is 0 Å². The van der Waals surface area contributed by atoms with E-state index in [1.54, 1.807) is 0 Å². The minimum absolute atomic E-state index is 0.103. The van der Waals surface area contributed by atoms with Crippen molar-refractivity contribution in [2.45, 2.75) is 297 Å². The van der Waals surface area contributed by atoms with Crippen molar-refractivity contribution in [2.75, 3.05) is 13.2 Å². The van der Waals surface area contributed by atoms with Crippen LogP contribution in [-0.2, 0) is 28.6 Å². The summed E-state index contributed by atoms with van der Waals surface area (Å²) in [6.45, 7) is 6.46. The predicted octanol–water partition coefficient (Wildman–Crippen LogP) is 19.2. The van der Waals surface area contributed by atoms with Gasteiger partial charge in [-0.25, -0.2) is 0 Å². The molecule has 0 fully saturated rings. The van der Waals surface area contributed by atoms with Crippen LogP contribution >= 0.6 is 0 Å². The van der Waals surface area contributed by atoms with Gasteiger partial charge < -0.3 is 14.2 Å². The molecule has 67 heavy (non-hydrogen) atoms. The van der Waals surface area contributed by atoms with E-state index in [2.05, 4.69) is 69.4 Å². The molecule has 0 aliphatic heterocycles. The topological polar surface area (TPSA) is 78.9 Å². The molecule has 6 nitrogen and oxygen atoms in total. The summed E-state index contributed by atoms with van der Waals surface area (Å²) in [5.41, 5.74) is 0. The highest BCUT2D eigenvalue weighted by Gasteiger charge is 2.19. The highest BCUT2D eigenvalue weighted by atomic mass is 16.6. The predicted molar refractivity (Wildman–Crippen MR) is 288 cm³/mol. The summed E-state index contributed by atoms with van der Waals surface area (Å²) in [7, 11) is 0. The van der Waals surface area contributed by atoms with Crippen molar-refractivity contribution in [3.05, 3.63) is 60.8 Å². The van der Waals surface area contributed by atoms with E-state index in [-0.39, 0.29) is 37.5 Å². The number of unbranched alkanes of at least 4 members (excludes halogenated alkanes) is 31. The first-order chi connectivity index (χ1) is 33.0. The monoisotopic (exact) mass is 937 g/mol. The number of ether oxygens (including phenoxy) is 3. The maximum Gasteiger partial charge on any atom is 0.306 e. The normalized spacial score (nSPS) is 12.5. The Kier molecular flexibility index (Phi) is 53.3. The number of esters is 3. The average molecular weight is 938 g/mol. The zero-order chi connectivity index (χ0) is 48.6. The smallest absolute Gasteiger partial charge is 0.306 e. The molecule has 0 aliphatic rings. The summed E-state index contributed by atoms with van der Waals surface area (Å²) in [4.78, 5) is 38.0. The summed E-state index contributed by atoms with van der Waals surface area (Å²) in [5.74, 6) is -0.985. The van der Waals surface area contributed by atoms with Crippen molar-refractivity contribution in [3.63, 3.8) is 0 Å². The molecule has 0 spiro atoms. The van der Waals surface area contributed by atoms with Crippen molar-refractivity contribution >= 4 is 17.9 Å². The zero-order valence-corrected chi connectivity index (χ0v) is 44.4. The van der Waals surface area contributed by atoms with E-state index in [1.165, 1.54) is 167 Å². The van der Waals surface area contributed by atoms with Crippen molar-refractivity contribution in [3.8, 4) is 0 Å². The fourth-order valence-electron chi connectivity index (χ4n) is 8.22. The molecular weight excluding hydrogens is 829 g/mol. The van der Waals surface area contributed by atoms with Crippen LogP contribution in [0.4, 0.5) is 0 Å². The third-order valence-corrected chi connectivity index (χ3v) is 12.5. The number of hydrogen-bond acceptors (Lipinski definition) is 6. The van der Waals surface area contributed by atoms with E-state index >= 15 is 0 Å². The largest absolute Gasteiger partial charge is 0.462 e. The molecule has 0 heterocycles. The van der Waals surface area contributed by atoms with Gasteiger partial charge in [0.05, 0.1) is 0 Å². The number of rotatable bonds is 52. The second-order valence-corrected chi connectivity index (χ2v) is 19.2. The molecule has 0 bridgehead atoms. The summed E-state index contributed by atoms with van der Waals surface area (Å²) < 4.78 is 16.7. The minimum atomic E-state index is -0.813. The number of hydrogen-bond donors (Lipinski definition) is 0. The molecular formula is C61H108O6. The van der Waals surface area contributed by atoms with E-state index in [0.29, 0.717) is 19.3 Å². The molecule has 388 valence electrons. The van der Waals surface area contributed by atoms with Gasteiger partial charge in [-0.3, -0.25) is 14.4 Å². The first-order valence-electron chi connectivity index (χ1n) is 28.8. The molecule has 0 radical (unpaired) electrons. The van der Waals surface area contributed by atoms with E-state index in [4.69, 9.17) is 14.2 Å². The van der Waals surface area contributed by atoms with Crippen LogP contribution < -0.4 is 0 Å². The Bertz CT molecular complexity index is 1210. The molecule has 0 aromatic rings. The van der Waals surface area contributed by atoms with Crippen molar-refractivity contribution in [1.29, 1.82) is 0 Å². The molecule has 1 atom stereocenters. The summed E-state index contributed by atoms with van der Waals surface area (Å²) in [6, 6.07) is 0. The van der Waals surface area contributed by atoms with E-state index in [1.807, 2.05) is 12.2 Å². The fourth-order valence-corrected chi connectivity index (χ4v) is 8.22. The third-order valence-electron chi connectivity index (χ3n) is 12.5. The highest BCUT2D eigenvalue weighted by molar-refractivity contribution is 5.71. The molecule has 0 N–H and O–H groups in total. The van der Waals surface area contributed by atoms with Gasteiger partial charge >= 0.3 is 17.9 Å². The van der Waals surface area contributed by atoms with Gasteiger partial charge in [0.2, 0.25) is 0 Å². The number of allylic oxidation sites excluding steroid dienone is 10. The third kappa shape index (κ3) is 53.9. The lowest BCUT2D eigenvalue weighted by Gasteiger charge is -2.18. The zero-order valence-electron chi connectivity index (χ0n) is 44.4. The van der Waals surface area contributed by atoms with Gasteiger partial charge in [0.1, 0.15) is 13.2 Å². The van der Waals surface area contributed by atoms with Crippen LogP contribution in [0.1, 0.15) is 290 Å². The van der Waals surface area contributed by atoms with Gasteiger partial charge in [-0.05, 0) is 70.6 Å². The Morgan fingerprint density at radius 3 is 1.00 bits per heavy atom. The molecule has 0 rings (SSSR count). The average Bonchev–Trinajstić information content (AvgIpc) is 3.33. The Balaban J connectivity index is 4.26. The van der Waals surface area contributed by atoms with Crippen LogP contribution in [0.25, 0.3) is 0 Å². The number of carbonyl (C=O) groups excluding carboxylic acids is 3. The van der Waals surface area contributed by atoms with E-state index < -0.39 is 6.10 Å². The van der Waals surface area contributed by atoms with Crippen LogP contribution in [0, 0.1) is 0 Å². The van der Waals surface area contributed by atoms with Gasteiger partial charge in [-0.2, -0.15) is 0 Å². The van der Waals surface area contributed by atoms with Gasteiger partial charge in [0, 0.05) is 19.3 Å². The molecule has 0 amide bonds. The van der Waals surface area contributed by atoms with Gasteiger partial charge in [-0.1, -0.05) is 261 Å². The maximum atomic E-state index is 12.8. The molecule has 0 aromatic carbocycles. The van der Waals surface area contributed by atoms with Crippen molar-refractivity contribution < 1.29 is 28.6 Å².